The quantitative estimate of drug-likeness (QED) is 0.425. The summed E-state index contributed by atoms with van der Waals surface area (Å²) in [6, 6.07) is 7.44. The Bertz CT molecular complexity index is 1280. The van der Waals surface area contributed by atoms with Crippen LogP contribution in [0.25, 0.3) is 15.3 Å². The summed E-state index contributed by atoms with van der Waals surface area (Å²) >= 11 is 15.4. The third-order valence-electron chi connectivity index (χ3n) is 4.87. The third kappa shape index (κ3) is 3.11. The molecular weight excluding hydrogens is 451 g/mol. The molecule has 1 amide bonds. The Balaban J connectivity index is 1.67. The van der Waals surface area contributed by atoms with Crippen LogP contribution < -0.4 is 10.1 Å². The fourth-order valence-electron chi connectivity index (χ4n) is 3.61. The topological polar surface area (TPSA) is 69.0 Å². The highest BCUT2D eigenvalue weighted by Gasteiger charge is 2.35. The van der Waals surface area contributed by atoms with Crippen LogP contribution >= 0.6 is 45.9 Å². The first-order valence-electron chi connectivity index (χ1n) is 8.73. The second kappa shape index (κ2) is 6.98. The molecule has 0 saturated carbocycles. The molecule has 1 aliphatic heterocycles. The minimum atomic E-state index is -0.188. The van der Waals surface area contributed by atoms with Gasteiger partial charge in [0.2, 0.25) is 11.0 Å². The number of ether oxygens (including phenoxy) is 1. The predicted molar refractivity (Wildman–Crippen MR) is 117 cm³/mol. The van der Waals surface area contributed by atoms with Crippen LogP contribution in [0.1, 0.15) is 28.5 Å². The van der Waals surface area contributed by atoms with Gasteiger partial charge in [-0.25, -0.2) is 4.98 Å². The molecule has 1 aromatic carbocycles. The lowest BCUT2D eigenvalue weighted by Gasteiger charge is -2.23. The number of aromatic nitrogens is 3. The van der Waals surface area contributed by atoms with E-state index in [1.165, 1.54) is 22.7 Å². The van der Waals surface area contributed by atoms with Crippen molar-refractivity contribution < 1.29 is 9.53 Å². The number of carbonyl (C=O) groups excluding carboxylic acids is 1. The summed E-state index contributed by atoms with van der Waals surface area (Å²) < 4.78 is 8.58. The first kappa shape index (κ1) is 18.9. The third-order valence-corrected chi connectivity index (χ3v) is 7.66. The number of hydrogen-bond acceptors (Lipinski definition) is 6. The molecule has 3 aromatic heterocycles. The van der Waals surface area contributed by atoms with Crippen molar-refractivity contribution >= 4 is 67.8 Å². The maximum absolute atomic E-state index is 12.5. The van der Waals surface area contributed by atoms with Gasteiger partial charge in [0, 0.05) is 22.8 Å². The average molecular weight is 465 g/mol. The lowest BCUT2D eigenvalue weighted by Crippen LogP contribution is -2.24. The van der Waals surface area contributed by atoms with Crippen LogP contribution in [-0.4, -0.2) is 27.8 Å². The minimum absolute atomic E-state index is 0.0907. The van der Waals surface area contributed by atoms with Crippen molar-refractivity contribution in [2.45, 2.75) is 19.3 Å². The van der Waals surface area contributed by atoms with Crippen LogP contribution in [0.2, 0.25) is 9.36 Å². The molecule has 4 heterocycles. The van der Waals surface area contributed by atoms with Gasteiger partial charge in [-0.1, -0.05) is 34.5 Å². The summed E-state index contributed by atoms with van der Waals surface area (Å²) in [7, 11) is 1.63. The van der Waals surface area contributed by atoms with E-state index in [1.54, 1.807) is 17.9 Å². The summed E-state index contributed by atoms with van der Waals surface area (Å²) in [5, 5.41) is 8.92. The van der Waals surface area contributed by atoms with Crippen LogP contribution in [0.4, 0.5) is 5.82 Å². The molecule has 6 nitrogen and oxygen atoms in total. The van der Waals surface area contributed by atoms with Crippen molar-refractivity contribution in [3.05, 3.63) is 49.8 Å². The van der Waals surface area contributed by atoms with E-state index < -0.39 is 0 Å². The molecule has 0 saturated heterocycles. The van der Waals surface area contributed by atoms with Crippen molar-refractivity contribution in [2.75, 3.05) is 12.4 Å². The maximum Gasteiger partial charge on any atom is 0.226 e. The fourth-order valence-corrected chi connectivity index (χ4v) is 6.29. The zero-order valence-corrected chi connectivity index (χ0v) is 18.5. The number of amides is 1. The van der Waals surface area contributed by atoms with Gasteiger partial charge in [-0.15, -0.1) is 11.3 Å². The minimum Gasteiger partial charge on any atom is -0.497 e. The lowest BCUT2D eigenvalue weighted by atomic mass is 9.91. The van der Waals surface area contributed by atoms with E-state index >= 15 is 0 Å². The zero-order valence-electron chi connectivity index (χ0n) is 15.3. The number of methoxy groups -OCH3 is 1. The van der Waals surface area contributed by atoms with E-state index in [2.05, 4.69) is 5.32 Å². The fraction of sp³-hybridized carbons (Fsp3) is 0.211. The average Bonchev–Trinajstić information content (AvgIpc) is 3.35. The number of nitrogens with zero attached hydrogens (tertiary/aromatic N) is 3. The van der Waals surface area contributed by atoms with Crippen molar-refractivity contribution in [2.24, 2.45) is 0 Å². The summed E-state index contributed by atoms with van der Waals surface area (Å²) in [5.41, 5.74) is 2.61. The van der Waals surface area contributed by atoms with Crippen LogP contribution in [0.3, 0.4) is 0 Å². The SMILES string of the molecule is COc1ccc2nc(-n3nc(C)c4c3NC(=O)C[C@H]4c3sc(Cl)cc3Cl)sc2c1. The molecule has 10 heteroatoms. The van der Waals surface area contributed by atoms with E-state index in [-0.39, 0.29) is 11.8 Å². The molecule has 1 aliphatic rings. The number of hydrogen-bond donors (Lipinski definition) is 1. The zero-order chi connectivity index (χ0) is 20.3. The van der Waals surface area contributed by atoms with E-state index in [9.17, 15) is 4.79 Å². The molecule has 0 unspecified atom stereocenters. The number of halogens is 2. The highest BCUT2D eigenvalue weighted by atomic mass is 35.5. The normalized spacial score (nSPS) is 16.1. The lowest BCUT2D eigenvalue weighted by molar-refractivity contribution is -0.116. The number of thiophene rings is 1. The molecule has 4 aromatic rings. The first-order valence-corrected chi connectivity index (χ1v) is 11.1. The van der Waals surface area contributed by atoms with Crippen LogP contribution in [0, 0.1) is 6.92 Å². The number of anilines is 1. The summed E-state index contributed by atoms with van der Waals surface area (Å²) in [6.07, 6.45) is 0.299. The van der Waals surface area contributed by atoms with Crippen molar-refractivity contribution in [3.8, 4) is 10.9 Å². The van der Waals surface area contributed by atoms with Gasteiger partial charge in [0.1, 0.15) is 11.6 Å². The number of carbonyl (C=O) groups is 1. The molecule has 0 spiro atoms. The molecule has 1 atom stereocenters. The monoisotopic (exact) mass is 464 g/mol. The first-order chi connectivity index (χ1) is 13.9. The predicted octanol–water partition coefficient (Wildman–Crippen LogP) is 5.64. The number of aryl methyl sites for hydroxylation is 1. The summed E-state index contributed by atoms with van der Waals surface area (Å²) in [4.78, 5) is 18.1. The Kier molecular flexibility index (Phi) is 4.54. The second-order valence-electron chi connectivity index (χ2n) is 6.66. The Morgan fingerprint density at radius 2 is 2.10 bits per heavy atom. The highest BCUT2D eigenvalue weighted by Crippen LogP contribution is 2.46. The molecule has 5 rings (SSSR count). The number of nitrogens with one attached hydrogen (secondary N) is 1. The molecule has 0 fully saturated rings. The van der Waals surface area contributed by atoms with Gasteiger partial charge in [-0.2, -0.15) is 9.78 Å². The van der Waals surface area contributed by atoms with Gasteiger partial charge >= 0.3 is 0 Å². The van der Waals surface area contributed by atoms with Crippen LogP contribution in [0.15, 0.2) is 24.3 Å². The maximum atomic E-state index is 12.5. The highest BCUT2D eigenvalue weighted by molar-refractivity contribution is 7.20. The van der Waals surface area contributed by atoms with Gasteiger partial charge in [-0.05, 0) is 31.2 Å². The molecule has 29 heavy (non-hydrogen) atoms. The molecule has 0 radical (unpaired) electrons. The van der Waals surface area contributed by atoms with E-state index in [0.29, 0.717) is 26.7 Å². The standard InChI is InChI=1S/C19H14Cl2N4O2S2/c1-8-16-10(17-11(20)7-14(21)29-17)6-15(26)23-18(16)25(24-8)19-22-12-4-3-9(27-2)5-13(12)28-19/h3-5,7,10H,6H2,1-2H3,(H,23,26)/t10-/m1/s1. The van der Waals surface area contributed by atoms with Crippen LogP contribution in [-0.2, 0) is 4.79 Å². The smallest absolute Gasteiger partial charge is 0.226 e. The number of thiazole rings is 1. The van der Waals surface area contributed by atoms with Gasteiger partial charge in [0.15, 0.2) is 0 Å². The molecule has 148 valence electrons. The largest absolute Gasteiger partial charge is 0.497 e. The molecular formula is C19H14Cl2N4O2S2. The van der Waals surface area contributed by atoms with Gasteiger partial charge in [0.05, 0.1) is 32.4 Å². The van der Waals surface area contributed by atoms with Gasteiger partial charge in [0.25, 0.3) is 0 Å². The van der Waals surface area contributed by atoms with Gasteiger partial charge < -0.3 is 10.1 Å². The molecule has 0 aliphatic carbocycles. The van der Waals surface area contributed by atoms with Crippen molar-refractivity contribution in [1.82, 2.24) is 14.8 Å². The van der Waals surface area contributed by atoms with E-state index in [1.807, 2.05) is 25.1 Å². The van der Waals surface area contributed by atoms with Crippen molar-refractivity contribution in [1.29, 1.82) is 0 Å². The number of rotatable bonds is 3. The van der Waals surface area contributed by atoms with E-state index in [4.69, 9.17) is 38.0 Å². The van der Waals surface area contributed by atoms with E-state index in [0.717, 1.165) is 32.1 Å². The van der Waals surface area contributed by atoms with Gasteiger partial charge in [-0.3, -0.25) is 4.79 Å². The Morgan fingerprint density at radius 3 is 2.83 bits per heavy atom. The van der Waals surface area contributed by atoms with Crippen LogP contribution in [0.5, 0.6) is 5.75 Å². The number of fused-ring (bicyclic) bond motifs is 2. The second-order valence-corrected chi connectivity index (χ2v) is 9.79. The Labute approximate surface area is 184 Å². The summed E-state index contributed by atoms with van der Waals surface area (Å²) in [6.45, 7) is 1.93. The molecule has 1 N–H and O–H groups in total. The summed E-state index contributed by atoms with van der Waals surface area (Å²) in [5.74, 6) is 1.12. The Hall–Kier alpha value is -2.13. The molecule has 0 bridgehead atoms. The Morgan fingerprint density at radius 1 is 1.28 bits per heavy atom. The number of benzene rings is 1. The van der Waals surface area contributed by atoms with Crippen molar-refractivity contribution in [3.63, 3.8) is 0 Å².